The van der Waals surface area contributed by atoms with Crippen molar-refractivity contribution in [1.82, 2.24) is 4.98 Å². The van der Waals surface area contributed by atoms with Crippen LogP contribution in [0.15, 0.2) is 18.3 Å². The Kier molecular flexibility index (Phi) is 3.03. The number of nitrogens with one attached hydrogen (secondary N) is 1. The molecule has 88 valence electrons. The van der Waals surface area contributed by atoms with Crippen LogP contribution in [0, 0.1) is 5.41 Å². The second kappa shape index (κ2) is 4.32. The maximum atomic E-state index is 4.24. The third-order valence-electron chi connectivity index (χ3n) is 3.48. The third kappa shape index (κ3) is 2.46. The lowest BCUT2D eigenvalue weighted by molar-refractivity contribution is 0.280. The molecule has 2 rings (SSSR count). The van der Waals surface area contributed by atoms with Crippen molar-refractivity contribution in [1.29, 1.82) is 0 Å². The molecule has 1 fully saturated rings. The summed E-state index contributed by atoms with van der Waals surface area (Å²) in [5.74, 6) is 0.947. The highest BCUT2D eigenvalue weighted by Crippen LogP contribution is 2.32. The van der Waals surface area contributed by atoms with Crippen LogP contribution < -0.4 is 10.2 Å². The van der Waals surface area contributed by atoms with Gasteiger partial charge in [-0.25, -0.2) is 4.98 Å². The molecule has 2 heterocycles. The van der Waals surface area contributed by atoms with E-state index in [4.69, 9.17) is 0 Å². The lowest BCUT2D eigenvalue weighted by Gasteiger charge is -2.38. The van der Waals surface area contributed by atoms with Crippen LogP contribution in [-0.2, 0) is 0 Å². The zero-order valence-corrected chi connectivity index (χ0v) is 10.5. The monoisotopic (exact) mass is 219 g/mol. The third-order valence-corrected chi connectivity index (χ3v) is 3.48. The molecule has 1 saturated heterocycles. The zero-order chi connectivity index (χ0) is 11.6. The van der Waals surface area contributed by atoms with Crippen molar-refractivity contribution in [3.8, 4) is 0 Å². The first kappa shape index (κ1) is 11.2. The van der Waals surface area contributed by atoms with Gasteiger partial charge in [-0.05, 0) is 24.3 Å². The summed E-state index contributed by atoms with van der Waals surface area (Å²) >= 11 is 0. The lowest BCUT2D eigenvalue weighted by atomic mass is 9.82. The lowest BCUT2D eigenvalue weighted by Crippen LogP contribution is -2.37. The number of aromatic nitrogens is 1. The maximum Gasteiger partial charge on any atom is 0.127 e. The SMILES string of the molecule is CNc1cc(N2CCC(C)(C)CC2)ccn1. The summed E-state index contributed by atoms with van der Waals surface area (Å²) in [6.45, 7) is 7.02. The van der Waals surface area contributed by atoms with E-state index in [1.54, 1.807) is 0 Å². The molecule has 0 aliphatic carbocycles. The van der Waals surface area contributed by atoms with Crippen LogP contribution in [0.5, 0.6) is 0 Å². The molecule has 0 aromatic carbocycles. The van der Waals surface area contributed by atoms with Gasteiger partial charge in [0.25, 0.3) is 0 Å². The summed E-state index contributed by atoms with van der Waals surface area (Å²) in [6.07, 6.45) is 4.41. The van der Waals surface area contributed by atoms with Crippen molar-refractivity contribution < 1.29 is 0 Å². The Labute approximate surface area is 97.9 Å². The highest BCUT2D eigenvalue weighted by Gasteiger charge is 2.25. The van der Waals surface area contributed by atoms with E-state index < -0.39 is 0 Å². The van der Waals surface area contributed by atoms with Crippen molar-refractivity contribution in [2.24, 2.45) is 5.41 Å². The summed E-state index contributed by atoms with van der Waals surface area (Å²) in [5, 5.41) is 3.08. The van der Waals surface area contributed by atoms with Gasteiger partial charge in [-0.2, -0.15) is 0 Å². The Balaban J connectivity index is 2.08. The first-order chi connectivity index (χ1) is 7.61. The molecule has 1 aliphatic heterocycles. The fourth-order valence-electron chi connectivity index (χ4n) is 2.12. The Morgan fingerprint density at radius 1 is 1.31 bits per heavy atom. The maximum absolute atomic E-state index is 4.24. The molecular weight excluding hydrogens is 198 g/mol. The minimum Gasteiger partial charge on any atom is -0.373 e. The molecule has 16 heavy (non-hydrogen) atoms. The van der Waals surface area contributed by atoms with Gasteiger partial charge in [0.2, 0.25) is 0 Å². The number of nitrogens with zero attached hydrogens (tertiary/aromatic N) is 2. The fourth-order valence-corrected chi connectivity index (χ4v) is 2.12. The smallest absolute Gasteiger partial charge is 0.127 e. The number of hydrogen-bond acceptors (Lipinski definition) is 3. The van der Waals surface area contributed by atoms with Crippen molar-refractivity contribution >= 4 is 11.5 Å². The average molecular weight is 219 g/mol. The van der Waals surface area contributed by atoms with Gasteiger partial charge in [0, 0.05) is 38.1 Å². The summed E-state index contributed by atoms with van der Waals surface area (Å²) in [7, 11) is 1.91. The number of piperidine rings is 1. The standard InChI is InChI=1S/C13H21N3/c1-13(2)5-8-16(9-6-13)11-4-7-15-12(10-11)14-3/h4,7,10H,5-6,8-9H2,1-3H3,(H,14,15). The molecule has 0 spiro atoms. The molecule has 0 radical (unpaired) electrons. The number of anilines is 2. The summed E-state index contributed by atoms with van der Waals surface area (Å²) in [4.78, 5) is 6.70. The highest BCUT2D eigenvalue weighted by molar-refractivity contribution is 5.53. The largest absolute Gasteiger partial charge is 0.373 e. The average Bonchev–Trinajstić information content (AvgIpc) is 2.29. The van der Waals surface area contributed by atoms with E-state index in [2.05, 4.69) is 41.2 Å². The Morgan fingerprint density at radius 3 is 2.62 bits per heavy atom. The van der Waals surface area contributed by atoms with Crippen LogP contribution in [-0.4, -0.2) is 25.1 Å². The molecule has 0 unspecified atom stereocenters. The van der Waals surface area contributed by atoms with Crippen molar-refractivity contribution in [2.75, 3.05) is 30.4 Å². The van der Waals surface area contributed by atoms with E-state index in [1.807, 2.05) is 13.2 Å². The van der Waals surface area contributed by atoms with E-state index in [9.17, 15) is 0 Å². The van der Waals surface area contributed by atoms with E-state index in [1.165, 1.54) is 18.5 Å². The van der Waals surface area contributed by atoms with Gasteiger partial charge >= 0.3 is 0 Å². The predicted octanol–water partition coefficient (Wildman–Crippen LogP) is 2.75. The normalized spacial score (nSPS) is 19.6. The minimum absolute atomic E-state index is 0.509. The van der Waals surface area contributed by atoms with E-state index in [0.717, 1.165) is 18.9 Å². The van der Waals surface area contributed by atoms with Crippen LogP contribution in [0.4, 0.5) is 11.5 Å². The summed E-state index contributed by atoms with van der Waals surface area (Å²) in [6, 6.07) is 4.22. The molecule has 0 amide bonds. The van der Waals surface area contributed by atoms with Crippen LogP contribution in [0.3, 0.4) is 0 Å². The van der Waals surface area contributed by atoms with Gasteiger partial charge in [0.05, 0.1) is 0 Å². The molecule has 0 saturated carbocycles. The first-order valence-electron chi connectivity index (χ1n) is 5.99. The van der Waals surface area contributed by atoms with Crippen molar-refractivity contribution in [3.63, 3.8) is 0 Å². The van der Waals surface area contributed by atoms with E-state index in [-0.39, 0.29) is 0 Å². The molecule has 0 bridgehead atoms. The molecule has 1 N–H and O–H groups in total. The first-order valence-corrected chi connectivity index (χ1v) is 5.99. The Morgan fingerprint density at radius 2 is 2.00 bits per heavy atom. The van der Waals surface area contributed by atoms with Gasteiger partial charge < -0.3 is 10.2 Å². The van der Waals surface area contributed by atoms with Crippen molar-refractivity contribution in [2.45, 2.75) is 26.7 Å². The minimum atomic E-state index is 0.509. The fraction of sp³-hybridized carbons (Fsp3) is 0.615. The number of pyridine rings is 1. The number of rotatable bonds is 2. The van der Waals surface area contributed by atoms with E-state index in [0.29, 0.717) is 5.41 Å². The molecule has 1 aromatic heterocycles. The second-order valence-corrected chi connectivity index (χ2v) is 5.30. The molecule has 1 aliphatic rings. The highest BCUT2D eigenvalue weighted by atomic mass is 15.1. The molecule has 1 aromatic rings. The second-order valence-electron chi connectivity index (χ2n) is 5.30. The molecular formula is C13H21N3. The van der Waals surface area contributed by atoms with E-state index >= 15 is 0 Å². The summed E-state index contributed by atoms with van der Waals surface area (Å²) in [5.41, 5.74) is 1.80. The molecule has 3 nitrogen and oxygen atoms in total. The van der Waals surface area contributed by atoms with Gasteiger partial charge in [-0.15, -0.1) is 0 Å². The molecule has 3 heteroatoms. The quantitative estimate of drug-likeness (QED) is 0.829. The van der Waals surface area contributed by atoms with Crippen LogP contribution in [0.2, 0.25) is 0 Å². The zero-order valence-electron chi connectivity index (χ0n) is 10.5. The van der Waals surface area contributed by atoms with Crippen LogP contribution in [0.25, 0.3) is 0 Å². The van der Waals surface area contributed by atoms with Crippen LogP contribution in [0.1, 0.15) is 26.7 Å². The van der Waals surface area contributed by atoms with Crippen LogP contribution >= 0.6 is 0 Å². The number of hydrogen-bond donors (Lipinski definition) is 1. The van der Waals surface area contributed by atoms with Gasteiger partial charge in [-0.3, -0.25) is 0 Å². The molecule has 0 atom stereocenters. The Bertz CT molecular complexity index is 350. The predicted molar refractivity (Wildman–Crippen MR) is 69.0 cm³/mol. The summed E-state index contributed by atoms with van der Waals surface area (Å²) < 4.78 is 0. The topological polar surface area (TPSA) is 28.2 Å². The van der Waals surface area contributed by atoms with Gasteiger partial charge in [0.1, 0.15) is 5.82 Å². The van der Waals surface area contributed by atoms with Gasteiger partial charge in [0.15, 0.2) is 0 Å². The van der Waals surface area contributed by atoms with Gasteiger partial charge in [-0.1, -0.05) is 13.8 Å². The Hall–Kier alpha value is -1.25. The van der Waals surface area contributed by atoms with Crippen molar-refractivity contribution in [3.05, 3.63) is 18.3 Å².